The first-order valence-electron chi connectivity index (χ1n) is 7.98. The molecule has 0 radical (unpaired) electrons. The van der Waals surface area contributed by atoms with Crippen LogP contribution in [0.5, 0.6) is 0 Å². The third-order valence-electron chi connectivity index (χ3n) is 3.65. The van der Waals surface area contributed by atoms with E-state index in [1.165, 1.54) is 11.8 Å². The lowest BCUT2D eigenvalue weighted by Crippen LogP contribution is -2.25. The van der Waals surface area contributed by atoms with Crippen molar-refractivity contribution in [2.75, 3.05) is 13.2 Å². The third kappa shape index (κ3) is 4.34. The van der Waals surface area contributed by atoms with Crippen LogP contribution in [-0.2, 0) is 0 Å². The SMILES string of the molecule is O=C(NCCCCO)c1[nH]c2ncccc2c1Sc1ccc(Cl)cc1. The molecule has 1 aromatic carbocycles. The molecule has 0 aliphatic rings. The minimum atomic E-state index is -0.174. The van der Waals surface area contributed by atoms with E-state index in [0.29, 0.717) is 29.3 Å². The molecule has 2 heterocycles. The molecule has 130 valence electrons. The number of nitrogens with zero attached hydrogens (tertiary/aromatic N) is 1. The first-order valence-corrected chi connectivity index (χ1v) is 9.17. The van der Waals surface area contributed by atoms with E-state index in [0.717, 1.165) is 21.6 Å². The fraction of sp³-hybridized carbons (Fsp3) is 0.222. The summed E-state index contributed by atoms with van der Waals surface area (Å²) in [4.78, 5) is 21.8. The molecule has 3 rings (SSSR count). The highest BCUT2D eigenvalue weighted by molar-refractivity contribution is 7.99. The van der Waals surface area contributed by atoms with Crippen LogP contribution in [0.3, 0.4) is 0 Å². The quantitative estimate of drug-likeness (QED) is 0.548. The molecule has 0 spiro atoms. The van der Waals surface area contributed by atoms with Crippen LogP contribution in [0, 0.1) is 0 Å². The Morgan fingerprint density at radius 3 is 2.80 bits per heavy atom. The summed E-state index contributed by atoms with van der Waals surface area (Å²) < 4.78 is 0. The second kappa shape index (κ2) is 8.38. The Balaban J connectivity index is 1.89. The maximum atomic E-state index is 12.6. The number of aromatic nitrogens is 2. The summed E-state index contributed by atoms with van der Waals surface area (Å²) in [5, 5.41) is 13.3. The van der Waals surface area contributed by atoms with Crippen LogP contribution < -0.4 is 5.32 Å². The van der Waals surface area contributed by atoms with Gasteiger partial charge in [-0.25, -0.2) is 4.98 Å². The molecule has 0 bridgehead atoms. The smallest absolute Gasteiger partial charge is 0.268 e. The number of fused-ring (bicyclic) bond motifs is 1. The van der Waals surface area contributed by atoms with E-state index in [1.54, 1.807) is 6.20 Å². The molecule has 0 aliphatic carbocycles. The van der Waals surface area contributed by atoms with E-state index >= 15 is 0 Å². The van der Waals surface area contributed by atoms with Gasteiger partial charge in [0, 0.05) is 34.7 Å². The average molecular weight is 376 g/mol. The van der Waals surface area contributed by atoms with Crippen LogP contribution in [-0.4, -0.2) is 34.1 Å². The highest BCUT2D eigenvalue weighted by atomic mass is 35.5. The second-order valence-corrected chi connectivity index (χ2v) is 6.99. The Morgan fingerprint density at radius 1 is 1.24 bits per heavy atom. The number of nitrogens with one attached hydrogen (secondary N) is 2. The van der Waals surface area contributed by atoms with Gasteiger partial charge in [-0.1, -0.05) is 23.4 Å². The Hall–Kier alpha value is -2.02. The first-order chi connectivity index (χ1) is 12.2. The zero-order valence-electron chi connectivity index (χ0n) is 13.5. The number of rotatable bonds is 7. The van der Waals surface area contributed by atoms with E-state index in [-0.39, 0.29) is 12.5 Å². The standard InChI is InChI=1S/C18H18ClN3O2S/c19-12-5-7-13(8-6-12)25-16-14-4-3-10-20-17(14)22-15(16)18(24)21-9-1-2-11-23/h3-8,10,23H,1-2,9,11H2,(H,20,22)(H,21,24). The number of unbranched alkanes of at least 4 members (excludes halogenated alkanes) is 1. The number of aliphatic hydroxyl groups excluding tert-OH is 1. The number of amides is 1. The molecule has 5 nitrogen and oxygen atoms in total. The summed E-state index contributed by atoms with van der Waals surface area (Å²) in [7, 11) is 0. The average Bonchev–Trinajstić information content (AvgIpc) is 2.99. The van der Waals surface area contributed by atoms with Crippen molar-refractivity contribution in [3.05, 3.63) is 53.3 Å². The van der Waals surface area contributed by atoms with Crippen LogP contribution in [0.1, 0.15) is 23.3 Å². The number of hydrogen-bond donors (Lipinski definition) is 3. The monoisotopic (exact) mass is 375 g/mol. The first kappa shape index (κ1) is 17.8. The Bertz CT molecular complexity index is 864. The van der Waals surface area contributed by atoms with Gasteiger partial charge in [-0.3, -0.25) is 4.79 Å². The highest BCUT2D eigenvalue weighted by Crippen LogP contribution is 2.36. The lowest BCUT2D eigenvalue weighted by atomic mass is 10.3. The molecule has 25 heavy (non-hydrogen) atoms. The second-order valence-electron chi connectivity index (χ2n) is 5.47. The van der Waals surface area contributed by atoms with Crippen LogP contribution in [0.25, 0.3) is 11.0 Å². The molecule has 1 amide bonds. The van der Waals surface area contributed by atoms with E-state index in [9.17, 15) is 4.79 Å². The molecule has 0 saturated heterocycles. The molecule has 0 saturated carbocycles. The number of carbonyl (C=O) groups is 1. The van der Waals surface area contributed by atoms with E-state index in [2.05, 4.69) is 15.3 Å². The lowest BCUT2D eigenvalue weighted by Gasteiger charge is -2.06. The number of pyridine rings is 1. The molecule has 3 aromatic rings. The van der Waals surface area contributed by atoms with Crippen molar-refractivity contribution in [1.82, 2.24) is 15.3 Å². The Morgan fingerprint density at radius 2 is 2.04 bits per heavy atom. The fourth-order valence-electron chi connectivity index (χ4n) is 2.41. The van der Waals surface area contributed by atoms with Crippen molar-refractivity contribution in [3.8, 4) is 0 Å². The number of H-pyrrole nitrogens is 1. The van der Waals surface area contributed by atoms with Gasteiger partial charge in [0.15, 0.2) is 0 Å². The minimum Gasteiger partial charge on any atom is -0.396 e. The summed E-state index contributed by atoms with van der Waals surface area (Å²) in [6.45, 7) is 0.650. The lowest BCUT2D eigenvalue weighted by molar-refractivity contribution is 0.0945. The zero-order valence-corrected chi connectivity index (χ0v) is 15.0. The van der Waals surface area contributed by atoms with E-state index < -0.39 is 0 Å². The zero-order chi connectivity index (χ0) is 17.6. The van der Waals surface area contributed by atoms with Crippen molar-refractivity contribution >= 4 is 40.3 Å². The predicted molar refractivity (Wildman–Crippen MR) is 100 cm³/mol. The molecule has 0 fully saturated rings. The maximum absolute atomic E-state index is 12.6. The van der Waals surface area contributed by atoms with Crippen molar-refractivity contribution in [2.45, 2.75) is 22.6 Å². The molecular weight excluding hydrogens is 358 g/mol. The van der Waals surface area contributed by atoms with Crippen molar-refractivity contribution < 1.29 is 9.90 Å². The third-order valence-corrected chi connectivity index (χ3v) is 5.04. The minimum absolute atomic E-state index is 0.129. The highest BCUT2D eigenvalue weighted by Gasteiger charge is 2.19. The van der Waals surface area contributed by atoms with Crippen LogP contribution in [0.15, 0.2) is 52.4 Å². The van der Waals surface area contributed by atoms with Gasteiger partial charge in [0.1, 0.15) is 11.3 Å². The Labute approximate surface area is 154 Å². The normalized spacial score (nSPS) is 11.0. The van der Waals surface area contributed by atoms with Crippen LogP contribution in [0.4, 0.5) is 0 Å². The fourth-order valence-corrected chi connectivity index (χ4v) is 3.57. The number of benzene rings is 1. The number of carbonyl (C=O) groups excluding carboxylic acids is 1. The topological polar surface area (TPSA) is 78.0 Å². The van der Waals surface area contributed by atoms with Gasteiger partial charge in [-0.2, -0.15) is 0 Å². The van der Waals surface area contributed by atoms with Gasteiger partial charge >= 0.3 is 0 Å². The largest absolute Gasteiger partial charge is 0.396 e. The molecule has 7 heteroatoms. The molecular formula is C18H18ClN3O2S. The summed E-state index contributed by atoms with van der Waals surface area (Å²) in [5.74, 6) is -0.174. The summed E-state index contributed by atoms with van der Waals surface area (Å²) in [5.41, 5.74) is 1.18. The predicted octanol–water partition coefficient (Wildman–Crippen LogP) is 3.87. The summed E-state index contributed by atoms with van der Waals surface area (Å²) in [6.07, 6.45) is 3.10. The van der Waals surface area contributed by atoms with E-state index in [4.69, 9.17) is 16.7 Å². The number of hydrogen-bond acceptors (Lipinski definition) is 4. The van der Waals surface area contributed by atoms with Crippen molar-refractivity contribution in [2.24, 2.45) is 0 Å². The molecule has 0 unspecified atom stereocenters. The van der Waals surface area contributed by atoms with Crippen LogP contribution in [0.2, 0.25) is 5.02 Å². The number of halogens is 1. The summed E-state index contributed by atoms with van der Waals surface area (Å²) >= 11 is 7.45. The number of aromatic amines is 1. The summed E-state index contributed by atoms with van der Waals surface area (Å²) in [6, 6.07) is 11.3. The van der Waals surface area contributed by atoms with Gasteiger partial charge in [-0.15, -0.1) is 0 Å². The van der Waals surface area contributed by atoms with Gasteiger partial charge in [0.2, 0.25) is 0 Å². The molecule has 0 aliphatic heterocycles. The van der Waals surface area contributed by atoms with Crippen LogP contribution >= 0.6 is 23.4 Å². The van der Waals surface area contributed by atoms with Gasteiger partial charge in [0.05, 0.1) is 4.90 Å². The van der Waals surface area contributed by atoms with Gasteiger partial charge < -0.3 is 15.4 Å². The molecule has 2 aromatic heterocycles. The molecule has 0 atom stereocenters. The van der Waals surface area contributed by atoms with E-state index in [1.807, 2.05) is 36.4 Å². The maximum Gasteiger partial charge on any atom is 0.268 e. The van der Waals surface area contributed by atoms with Crippen molar-refractivity contribution in [1.29, 1.82) is 0 Å². The van der Waals surface area contributed by atoms with Gasteiger partial charge in [-0.05, 0) is 49.2 Å². The molecule has 3 N–H and O–H groups in total. The van der Waals surface area contributed by atoms with Crippen molar-refractivity contribution in [3.63, 3.8) is 0 Å². The number of aliphatic hydroxyl groups is 1. The Kier molecular flexibility index (Phi) is 5.96. The van der Waals surface area contributed by atoms with Gasteiger partial charge in [0.25, 0.3) is 5.91 Å².